The molecule has 0 N–H and O–H groups in total. The van der Waals surface area contributed by atoms with Crippen LogP contribution in [0.5, 0.6) is 0 Å². The number of rotatable bonds is 3. The van der Waals surface area contributed by atoms with E-state index in [9.17, 15) is 4.79 Å². The summed E-state index contributed by atoms with van der Waals surface area (Å²) in [6, 6.07) is 8.27. The van der Waals surface area contributed by atoms with Gasteiger partial charge in [-0.25, -0.2) is 0 Å². The zero-order valence-electron chi connectivity index (χ0n) is 12.8. The van der Waals surface area contributed by atoms with Gasteiger partial charge in [-0.1, -0.05) is 12.1 Å². The van der Waals surface area contributed by atoms with E-state index in [-0.39, 0.29) is 5.97 Å². The van der Waals surface area contributed by atoms with Gasteiger partial charge < -0.3 is 14.5 Å². The minimum atomic E-state index is -0.602. The molecule has 1 fully saturated rings. The molecule has 0 aliphatic carbocycles. The first-order valence-electron chi connectivity index (χ1n) is 7.07. The molecule has 1 aliphatic heterocycles. The summed E-state index contributed by atoms with van der Waals surface area (Å²) in [5, 5.41) is 0. The summed E-state index contributed by atoms with van der Waals surface area (Å²) in [6.07, 6.45) is 0. The molecule has 0 atom stereocenters. The van der Waals surface area contributed by atoms with E-state index in [0.29, 0.717) is 0 Å². The summed E-state index contributed by atoms with van der Waals surface area (Å²) in [7, 11) is 3.59. The lowest BCUT2D eigenvalue weighted by Crippen LogP contribution is -2.44. The first-order valence-corrected chi connectivity index (χ1v) is 7.07. The molecule has 1 aliphatic rings. The van der Waals surface area contributed by atoms with Crippen LogP contribution in [-0.2, 0) is 14.9 Å². The minimum absolute atomic E-state index is 0.204. The molecule has 4 nitrogen and oxygen atoms in total. The largest absolute Gasteiger partial charge is 0.468 e. The lowest BCUT2D eigenvalue weighted by molar-refractivity contribution is -0.146. The second kappa shape index (κ2) is 5.83. The van der Waals surface area contributed by atoms with E-state index >= 15 is 0 Å². The van der Waals surface area contributed by atoms with E-state index in [1.54, 1.807) is 0 Å². The molecule has 0 aromatic heterocycles. The zero-order chi connectivity index (χ0) is 14.8. The van der Waals surface area contributed by atoms with Crippen molar-refractivity contribution < 1.29 is 9.53 Å². The van der Waals surface area contributed by atoms with Crippen LogP contribution >= 0.6 is 0 Å². The molecule has 0 radical (unpaired) electrons. The Balaban J connectivity index is 2.12. The summed E-state index contributed by atoms with van der Waals surface area (Å²) < 4.78 is 4.87. The third-order valence-electron chi connectivity index (χ3n) is 4.15. The highest BCUT2D eigenvalue weighted by atomic mass is 16.5. The van der Waals surface area contributed by atoms with Gasteiger partial charge in [-0.2, -0.15) is 0 Å². The van der Waals surface area contributed by atoms with Crippen molar-refractivity contribution in [1.82, 2.24) is 4.90 Å². The number of anilines is 1. The van der Waals surface area contributed by atoms with Gasteiger partial charge in [0.05, 0.1) is 12.5 Å². The summed E-state index contributed by atoms with van der Waals surface area (Å²) in [5.41, 5.74) is 1.61. The maximum absolute atomic E-state index is 11.8. The van der Waals surface area contributed by atoms with E-state index < -0.39 is 5.41 Å². The molecule has 1 aromatic rings. The molecule has 4 heteroatoms. The first-order chi connectivity index (χ1) is 9.45. The molecule has 2 rings (SSSR count). The van der Waals surface area contributed by atoms with Crippen LogP contribution in [0.2, 0.25) is 0 Å². The topological polar surface area (TPSA) is 32.8 Å². The van der Waals surface area contributed by atoms with Gasteiger partial charge in [0, 0.05) is 31.9 Å². The number of benzene rings is 1. The number of methoxy groups -OCH3 is 1. The van der Waals surface area contributed by atoms with Crippen LogP contribution in [0.1, 0.15) is 19.4 Å². The van der Waals surface area contributed by atoms with Gasteiger partial charge in [0.1, 0.15) is 0 Å². The number of hydrogen-bond acceptors (Lipinski definition) is 4. The molecule has 0 saturated carbocycles. The van der Waals surface area contributed by atoms with E-state index in [2.05, 4.69) is 29.0 Å². The number of ether oxygens (including phenoxy) is 1. The highest BCUT2D eigenvalue weighted by Gasteiger charge is 2.30. The number of nitrogens with zero attached hydrogens (tertiary/aromatic N) is 2. The van der Waals surface area contributed by atoms with Gasteiger partial charge in [0.2, 0.25) is 0 Å². The van der Waals surface area contributed by atoms with Gasteiger partial charge in [0.15, 0.2) is 0 Å². The normalized spacial score (nSPS) is 17.1. The third-order valence-corrected chi connectivity index (χ3v) is 4.15. The number of esters is 1. The van der Waals surface area contributed by atoms with Gasteiger partial charge in [-0.3, -0.25) is 4.79 Å². The fourth-order valence-electron chi connectivity index (χ4n) is 2.53. The number of carbonyl (C=O) groups is 1. The Labute approximate surface area is 121 Å². The highest BCUT2D eigenvalue weighted by molar-refractivity contribution is 5.82. The molecule has 0 unspecified atom stereocenters. The monoisotopic (exact) mass is 276 g/mol. The summed E-state index contributed by atoms with van der Waals surface area (Å²) >= 11 is 0. The van der Waals surface area contributed by atoms with Crippen molar-refractivity contribution in [3.8, 4) is 0 Å². The fraction of sp³-hybridized carbons (Fsp3) is 0.562. The molecule has 0 bridgehead atoms. The maximum Gasteiger partial charge on any atom is 0.315 e. The average molecular weight is 276 g/mol. The first kappa shape index (κ1) is 14.9. The molecule has 1 saturated heterocycles. The van der Waals surface area contributed by atoms with Crippen LogP contribution in [0, 0.1) is 0 Å². The lowest BCUT2D eigenvalue weighted by Gasteiger charge is -2.34. The Morgan fingerprint density at radius 2 is 1.65 bits per heavy atom. The SMILES string of the molecule is COC(=O)C(C)(C)c1ccc(N2CCN(C)CC2)cc1. The lowest BCUT2D eigenvalue weighted by atomic mass is 9.84. The summed E-state index contributed by atoms with van der Waals surface area (Å²) in [6.45, 7) is 8.07. The Bertz CT molecular complexity index is 460. The average Bonchev–Trinajstić information content (AvgIpc) is 2.47. The van der Waals surface area contributed by atoms with Crippen molar-refractivity contribution in [3.05, 3.63) is 29.8 Å². The van der Waals surface area contributed by atoms with Crippen molar-refractivity contribution in [2.24, 2.45) is 0 Å². The molecule has 1 aromatic carbocycles. The van der Waals surface area contributed by atoms with Crippen LogP contribution in [0.4, 0.5) is 5.69 Å². The van der Waals surface area contributed by atoms with Crippen LogP contribution in [0.25, 0.3) is 0 Å². The molecule has 1 heterocycles. The summed E-state index contributed by atoms with van der Waals surface area (Å²) in [5.74, 6) is -0.204. The number of hydrogen-bond donors (Lipinski definition) is 0. The van der Waals surface area contributed by atoms with Crippen molar-refractivity contribution in [2.45, 2.75) is 19.3 Å². The van der Waals surface area contributed by atoms with Crippen LogP contribution in [-0.4, -0.2) is 51.2 Å². The Morgan fingerprint density at radius 3 is 2.15 bits per heavy atom. The van der Waals surface area contributed by atoms with Crippen molar-refractivity contribution >= 4 is 11.7 Å². The van der Waals surface area contributed by atoms with Crippen LogP contribution < -0.4 is 4.90 Å². The smallest absolute Gasteiger partial charge is 0.315 e. The predicted molar refractivity (Wildman–Crippen MR) is 81.2 cm³/mol. The van der Waals surface area contributed by atoms with Gasteiger partial charge in [-0.15, -0.1) is 0 Å². The Kier molecular flexibility index (Phi) is 4.33. The number of carbonyl (C=O) groups excluding carboxylic acids is 1. The second-order valence-electron chi connectivity index (χ2n) is 5.95. The highest BCUT2D eigenvalue weighted by Crippen LogP contribution is 2.27. The number of likely N-dealkylation sites (N-methyl/N-ethyl adjacent to an activating group) is 1. The molecular formula is C16H24N2O2. The molecule has 110 valence electrons. The third kappa shape index (κ3) is 2.96. The van der Waals surface area contributed by atoms with E-state index in [4.69, 9.17) is 4.74 Å². The Hall–Kier alpha value is -1.55. The van der Waals surface area contributed by atoms with Crippen molar-refractivity contribution in [3.63, 3.8) is 0 Å². The molecule has 0 spiro atoms. The van der Waals surface area contributed by atoms with Gasteiger partial charge in [-0.05, 0) is 38.6 Å². The predicted octanol–water partition coefficient (Wildman–Crippen LogP) is 1.89. The summed E-state index contributed by atoms with van der Waals surface area (Å²) in [4.78, 5) is 16.5. The van der Waals surface area contributed by atoms with Crippen LogP contribution in [0.15, 0.2) is 24.3 Å². The molecular weight excluding hydrogens is 252 g/mol. The standard InChI is InChI=1S/C16H24N2O2/c1-16(2,15(19)20-4)13-5-7-14(8-6-13)18-11-9-17(3)10-12-18/h5-8H,9-12H2,1-4H3. The quantitative estimate of drug-likeness (QED) is 0.789. The van der Waals surface area contributed by atoms with Crippen molar-refractivity contribution in [1.29, 1.82) is 0 Å². The number of piperazine rings is 1. The van der Waals surface area contributed by atoms with Gasteiger partial charge in [0.25, 0.3) is 0 Å². The maximum atomic E-state index is 11.8. The minimum Gasteiger partial charge on any atom is -0.468 e. The zero-order valence-corrected chi connectivity index (χ0v) is 12.8. The van der Waals surface area contributed by atoms with E-state index in [1.165, 1.54) is 12.8 Å². The van der Waals surface area contributed by atoms with Crippen molar-refractivity contribution in [2.75, 3.05) is 45.2 Å². The van der Waals surface area contributed by atoms with E-state index in [0.717, 1.165) is 31.7 Å². The molecule has 0 amide bonds. The second-order valence-corrected chi connectivity index (χ2v) is 5.95. The van der Waals surface area contributed by atoms with E-state index in [1.807, 2.05) is 26.0 Å². The molecule has 20 heavy (non-hydrogen) atoms. The fourth-order valence-corrected chi connectivity index (χ4v) is 2.53. The Morgan fingerprint density at radius 1 is 1.10 bits per heavy atom. The van der Waals surface area contributed by atoms with Gasteiger partial charge >= 0.3 is 5.97 Å². The van der Waals surface area contributed by atoms with Crippen LogP contribution in [0.3, 0.4) is 0 Å².